The molecule has 1 unspecified atom stereocenters. The molecule has 0 aliphatic carbocycles. The van der Waals surface area contributed by atoms with Gasteiger partial charge in [0.2, 0.25) is 5.91 Å². The van der Waals surface area contributed by atoms with Crippen LogP contribution in [0.2, 0.25) is 0 Å². The van der Waals surface area contributed by atoms with Gasteiger partial charge in [-0.2, -0.15) is 10.2 Å². The standard InChI is InChI=1S/C25H21N7O3/c1-14-8-22(31-30-14)26-12-20-19-10-16(6-7-21(19)29-25(20)35)23(33)15-4-3-5-18(9-15)28-24(34)17-11-27-32(2)13-17/h3-13,20H,1-2H3,(H,28,34)(H,29,35)(H,30,31). The molecule has 0 radical (unpaired) electrons. The van der Waals surface area contributed by atoms with E-state index in [9.17, 15) is 14.4 Å². The molecule has 10 nitrogen and oxygen atoms in total. The molecular weight excluding hydrogens is 446 g/mol. The molecule has 1 aliphatic rings. The van der Waals surface area contributed by atoms with Crippen LogP contribution in [0.5, 0.6) is 0 Å². The SMILES string of the molecule is Cc1cc(N=CC2C(=O)Nc3ccc(C(=O)c4cccc(NC(=O)c5cnn(C)c5)c4)cc32)n[nH]1. The molecule has 0 fully saturated rings. The molecule has 4 aromatic rings. The highest BCUT2D eigenvalue weighted by Crippen LogP contribution is 2.33. The van der Waals surface area contributed by atoms with E-state index in [1.807, 2.05) is 6.92 Å². The fraction of sp³-hybridized carbons (Fsp3) is 0.120. The molecular formula is C25H21N7O3. The summed E-state index contributed by atoms with van der Waals surface area (Å²) >= 11 is 0. The molecule has 1 aliphatic heterocycles. The van der Waals surface area contributed by atoms with E-state index in [2.05, 4.69) is 30.9 Å². The van der Waals surface area contributed by atoms with Gasteiger partial charge in [-0.3, -0.25) is 24.2 Å². The predicted molar refractivity (Wildman–Crippen MR) is 130 cm³/mol. The van der Waals surface area contributed by atoms with Gasteiger partial charge < -0.3 is 10.6 Å². The Bertz CT molecular complexity index is 1500. The average molecular weight is 467 g/mol. The van der Waals surface area contributed by atoms with Crippen molar-refractivity contribution < 1.29 is 14.4 Å². The average Bonchev–Trinajstić information content (AvgIpc) is 3.55. The first kappa shape index (κ1) is 22.0. The Morgan fingerprint density at radius 3 is 2.69 bits per heavy atom. The molecule has 2 aromatic heterocycles. The number of nitrogens with one attached hydrogen (secondary N) is 3. The molecule has 3 heterocycles. The van der Waals surface area contributed by atoms with Crippen molar-refractivity contribution in [3.8, 4) is 0 Å². The quantitative estimate of drug-likeness (QED) is 0.295. The van der Waals surface area contributed by atoms with Crippen LogP contribution in [0.4, 0.5) is 17.2 Å². The number of hydrogen-bond donors (Lipinski definition) is 3. The third-order valence-electron chi connectivity index (χ3n) is 5.59. The van der Waals surface area contributed by atoms with Gasteiger partial charge in [0.25, 0.3) is 5.91 Å². The summed E-state index contributed by atoms with van der Waals surface area (Å²) in [6, 6.07) is 13.5. The third-order valence-corrected chi connectivity index (χ3v) is 5.59. The summed E-state index contributed by atoms with van der Waals surface area (Å²) in [7, 11) is 1.73. The number of ketones is 1. The van der Waals surface area contributed by atoms with Crippen LogP contribution in [-0.2, 0) is 11.8 Å². The molecule has 0 bridgehead atoms. The minimum Gasteiger partial charge on any atom is -0.325 e. The normalized spacial score (nSPS) is 14.7. The second-order valence-corrected chi connectivity index (χ2v) is 8.22. The number of carbonyl (C=O) groups is 3. The first-order valence-electron chi connectivity index (χ1n) is 10.8. The van der Waals surface area contributed by atoms with Gasteiger partial charge in [0.1, 0.15) is 5.92 Å². The van der Waals surface area contributed by atoms with Crippen molar-refractivity contribution in [2.24, 2.45) is 12.0 Å². The second-order valence-electron chi connectivity index (χ2n) is 8.22. The molecule has 174 valence electrons. The molecule has 2 aromatic carbocycles. The Morgan fingerprint density at radius 2 is 1.94 bits per heavy atom. The first-order valence-corrected chi connectivity index (χ1v) is 10.8. The lowest BCUT2D eigenvalue weighted by atomic mass is 9.96. The second kappa shape index (κ2) is 8.82. The van der Waals surface area contributed by atoms with Crippen LogP contribution in [0.15, 0.2) is 65.9 Å². The van der Waals surface area contributed by atoms with E-state index < -0.39 is 5.92 Å². The summed E-state index contributed by atoms with van der Waals surface area (Å²) in [6.45, 7) is 1.86. The van der Waals surface area contributed by atoms with Gasteiger partial charge in [0.15, 0.2) is 11.6 Å². The Kier molecular flexibility index (Phi) is 5.54. The first-order chi connectivity index (χ1) is 16.9. The Hall–Kier alpha value is -4.86. The van der Waals surface area contributed by atoms with Crippen LogP contribution < -0.4 is 10.6 Å². The van der Waals surface area contributed by atoms with E-state index in [-0.39, 0.29) is 17.6 Å². The monoisotopic (exact) mass is 467 g/mol. The predicted octanol–water partition coefficient (Wildman–Crippen LogP) is 3.37. The van der Waals surface area contributed by atoms with E-state index >= 15 is 0 Å². The maximum absolute atomic E-state index is 13.2. The zero-order valence-electron chi connectivity index (χ0n) is 18.9. The number of aliphatic imine (C=N–C) groups is 1. The van der Waals surface area contributed by atoms with Crippen LogP contribution in [-0.4, -0.2) is 43.8 Å². The number of anilines is 2. The summed E-state index contributed by atoms with van der Waals surface area (Å²) in [5, 5.41) is 16.4. The van der Waals surface area contributed by atoms with Crippen molar-refractivity contribution in [3.05, 3.63) is 88.9 Å². The largest absolute Gasteiger partial charge is 0.325 e. The van der Waals surface area contributed by atoms with Gasteiger partial charge in [0, 0.05) is 53.7 Å². The highest BCUT2D eigenvalue weighted by Gasteiger charge is 2.30. The smallest absolute Gasteiger partial charge is 0.258 e. The van der Waals surface area contributed by atoms with E-state index in [4.69, 9.17) is 0 Å². The van der Waals surface area contributed by atoms with Crippen LogP contribution in [0, 0.1) is 6.92 Å². The number of rotatable bonds is 6. The van der Waals surface area contributed by atoms with Crippen LogP contribution in [0.3, 0.4) is 0 Å². The fourth-order valence-corrected chi connectivity index (χ4v) is 3.84. The van der Waals surface area contributed by atoms with E-state index in [0.717, 1.165) is 5.69 Å². The molecule has 2 amide bonds. The summed E-state index contributed by atoms with van der Waals surface area (Å²) in [5.74, 6) is -0.941. The number of amides is 2. The van der Waals surface area contributed by atoms with E-state index in [1.165, 1.54) is 17.1 Å². The van der Waals surface area contributed by atoms with Crippen molar-refractivity contribution in [3.63, 3.8) is 0 Å². The van der Waals surface area contributed by atoms with Gasteiger partial charge in [-0.25, -0.2) is 4.99 Å². The Balaban J connectivity index is 1.37. The molecule has 10 heteroatoms. The van der Waals surface area contributed by atoms with Crippen molar-refractivity contribution in [2.45, 2.75) is 12.8 Å². The van der Waals surface area contributed by atoms with E-state index in [1.54, 1.807) is 61.8 Å². The van der Waals surface area contributed by atoms with Crippen LogP contribution in [0.1, 0.15) is 43.5 Å². The maximum Gasteiger partial charge on any atom is 0.258 e. The molecule has 35 heavy (non-hydrogen) atoms. The summed E-state index contributed by atoms with van der Waals surface area (Å²) in [5.41, 5.74) is 3.89. The summed E-state index contributed by atoms with van der Waals surface area (Å²) < 4.78 is 1.54. The zero-order chi connectivity index (χ0) is 24.5. The number of benzene rings is 2. The number of aryl methyl sites for hydroxylation is 2. The number of aromatic amines is 1. The Labute approximate surface area is 200 Å². The number of hydrogen-bond acceptors (Lipinski definition) is 6. The van der Waals surface area contributed by atoms with Gasteiger partial charge in [0.05, 0.1) is 11.8 Å². The number of H-pyrrole nitrogens is 1. The fourth-order valence-electron chi connectivity index (χ4n) is 3.84. The van der Waals surface area contributed by atoms with E-state index in [0.29, 0.717) is 39.4 Å². The minimum atomic E-state index is -0.639. The van der Waals surface area contributed by atoms with Crippen LogP contribution >= 0.6 is 0 Å². The van der Waals surface area contributed by atoms with Gasteiger partial charge in [-0.1, -0.05) is 12.1 Å². The molecule has 0 spiro atoms. The van der Waals surface area contributed by atoms with Gasteiger partial charge in [-0.05, 0) is 42.8 Å². The third kappa shape index (κ3) is 4.49. The van der Waals surface area contributed by atoms with Crippen LogP contribution in [0.25, 0.3) is 0 Å². The summed E-state index contributed by atoms with van der Waals surface area (Å²) in [4.78, 5) is 42.5. The topological polar surface area (TPSA) is 134 Å². The number of aromatic nitrogens is 4. The molecule has 0 saturated carbocycles. The van der Waals surface area contributed by atoms with Gasteiger partial charge in [-0.15, -0.1) is 0 Å². The molecule has 0 saturated heterocycles. The highest BCUT2D eigenvalue weighted by molar-refractivity contribution is 6.15. The number of carbonyl (C=O) groups excluding carboxylic acids is 3. The lowest BCUT2D eigenvalue weighted by Crippen LogP contribution is -2.13. The van der Waals surface area contributed by atoms with Crippen molar-refractivity contribution in [1.29, 1.82) is 0 Å². The lowest BCUT2D eigenvalue weighted by Gasteiger charge is -2.08. The van der Waals surface area contributed by atoms with Crippen molar-refractivity contribution in [1.82, 2.24) is 20.0 Å². The van der Waals surface area contributed by atoms with Crippen molar-refractivity contribution >= 4 is 41.0 Å². The van der Waals surface area contributed by atoms with Gasteiger partial charge >= 0.3 is 0 Å². The lowest BCUT2D eigenvalue weighted by molar-refractivity contribution is -0.115. The highest BCUT2D eigenvalue weighted by atomic mass is 16.2. The molecule has 5 rings (SSSR count). The number of nitrogens with zero attached hydrogens (tertiary/aromatic N) is 4. The minimum absolute atomic E-state index is 0.222. The molecule has 3 N–H and O–H groups in total. The zero-order valence-corrected chi connectivity index (χ0v) is 18.9. The van der Waals surface area contributed by atoms with Crippen molar-refractivity contribution in [2.75, 3.05) is 10.6 Å². The Morgan fingerprint density at radius 1 is 1.11 bits per heavy atom. The maximum atomic E-state index is 13.2. The number of fused-ring (bicyclic) bond motifs is 1. The molecule has 1 atom stereocenters. The summed E-state index contributed by atoms with van der Waals surface area (Å²) in [6.07, 6.45) is 4.61.